The highest BCUT2D eigenvalue weighted by Gasteiger charge is 2.18. The zero-order chi connectivity index (χ0) is 15.5. The highest BCUT2D eigenvalue weighted by molar-refractivity contribution is 7.89. The van der Waals surface area contributed by atoms with E-state index in [1.54, 1.807) is 19.1 Å². The maximum absolute atomic E-state index is 12.0. The maximum atomic E-state index is 12.0. The van der Waals surface area contributed by atoms with Crippen molar-refractivity contribution in [3.63, 3.8) is 0 Å². The van der Waals surface area contributed by atoms with Crippen LogP contribution in [0.1, 0.15) is 24.8 Å². The van der Waals surface area contributed by atoms with E-state index in [9.17, 15) is 13.2 Å². The summed E-state index contributed by atoms with van der Waals surface area (Å²) < 4.78 is 22.9. The summed E-state index contributed by atoms with van der Waals surface area (Å²) in [7, 11) is -3.78. The molecule has 0 spiro atoms. The maximum Gasteiger partial charge on any atom is 0.238 e. The van der Waals surface area contributed by atoms with Crippen LogP contribution < -0.4 is 15.8 Å². The molecule has 1 aromatic carbocycles. The number of sulfonamides is 1. The third-order valence-corrected chi connectivity index (χ3v) is 4.76. The Morgan fingerprint density at radius 3 is 2.59 bits per heavy atom. The summed E-state index contributed by atoms with van der Waals surface area (Å²) >= 11 is 0. The van der Waals surface area contributed by atoms with Gasteiger partial charge in [-0.2, -0.15) is 0 Å². The lowest BCUT2D eigenvalue weighted by Crippen LogP contribution is -2.30. The van der Waals surface area contributed by atoms with Crippen molar-refractivity contribution in [3.8, 4) is 0 Å². The zero-order valence-corrected chi connectivity index (χ0v) is 14.1. The molecular formula is C14H22ClN3O3S. The van der Waals surface area contributed by atoms with Gasteiger partial charge in [0.15, 0.2) is 0 Å². The molecule has 0 bridgehead atoms. The number of anilines is 1. The Labute approximate surface area is 137 Å². The van der Waals surface area contributed by atoms with Crippen molar-refractivity contribution in [1.82, 2.24) is 5.32 Å². The molecule has 8 heteroatoms. The topological polar surface area (TPSA) is 101 Å². The van der Waals surface area contributed by atoms with Crippen molar-refractivity contribution in [2.24, 2.45) is 11.1 Å². The van der Waals surface area contributed by atoms with E-state index in [-0.39, 0.29) is 23.2 Å². The standard InChI is InChI=1S/C14H21N3O3S.ClH/c1-10-2-3-12(9-13(10)21(15,19)20)17-14(18)8-11-4-6-16-7-5-11;/h2-3,9,11,16H,4-8H2,1H3,(H,17,18)(H2,15,19,20);1H. The molecule has 6 nitrogen and oxygen atoms in total. The minimum atomic E-state index is -3.78. The lowest BCUT2D eigenvalue weighted by Gasteiger charge is -2.22. The quantitative estimate of drug-likeness (QED) is 0.766. The fraction of sp³-hybridized carbons (Fsp3) is 0.500. The first-order chi connectivity index (χ1) is 9.86. The summed E-state index contributed by atoms with van der Waals surface area (Å²) in [6.07, 6.45) is 2.44. The number of benzene rings is 1. The molecule has 0 unspecified atom stereocenters. The molecule has 1 fully saturated rings. The first-order valence-electron chi connectivity index (χ1n) is 7.00. The van der Waals surface area contributed by atoms with Crippen LogP contribution in [0.15, 0.2) is 23.1 Å². The minimum absolute atomic E-state index is 0. The van der Waals surface area contributed by atoms with E-state index < -0.39 is 10.0 Å². The van der Waals surface area contributed by atoms with Crippen LogP contribution in [0, 0.1) is 12.8 Å². The Balaban J connectivity index is 0.00000242. The molecule has 1 aromatic rings. The molecule has 4 N–H and O–H groups in total. The Morgan fingerprint density at radius 2 is 2.00 bits per heavy atom. The largest absolute Gasteiger partial charge is 0.326 e. The molecular weight excluding hydrogens is 326 g/mol. The van der Waals surface area contributed by atoms with E-state index >= 15 is 0 Å². The average Bonchev–Trinajstić information content (AvgIpc) is 2.41. The Bertz CT molecular complexity index is 628. The number of hydrogen-bond donors (Lipinski definition) is 3. The van der Waals surface area contributed by atoms with E-state index in [2.05, 4.69) is 10.6 Å². The van der Waals surface area contributed by atoms with Crippen LogP contribution in [0.2, 0.25) is 0 Å². The van der Waals surface area contributed by atoms with Gasteiger partial charge in [0.05, 0.1) is 4.90 Å². The van der Waals surface area contributed by atoms with E-state index in [4.69, 9.17) is 5.14 Å². The Morgan fingerprint density at radius 1 is 1.36 bits per heavy atom. The number of nitrogens with one attached hydrogen (secondary N) is 2. The number of primary sulfonamides is 1. The van der Waals surface area contributed by atoms with Gasteiger partial charge in [-0.05, 0) is 56.5 Å². The van der Waals surface area contributed by atoms with Crippen molar-refractivity contribution >= 4 is 34.0 Å². The van der Waals surface area contributed by atoms with Crippen LogP contribution in [-0.2, 0) is 14.8 Å². The number of rotatable bonds is 4. The van der Waals surface area contributed by atoms with Crippen LogP contribution in [0.4, 0.5) is 5.69 Å². The molecule has 0 saturated carbocycles. The Hall–Kier alpha value is -1.15. The molecule has 22 heavy (non-hydrogen) atoms. The number of halogens is 1. The third kappa shape index (κ3) is 5.24. The molecule has 0 aromatic heterocycles. The van der Waals surface area contributed by atoms with E-state index in [0.717, 1.165) is 25.9 Å². The SMILES string of the molecule is Cc1ccc(NC(=O)CC2CCNCC2)cc1S(N)(=O)=O.Cl. The summed E-state index contributed by atoms with van der Waals surface area (Å²) in [5.74, 6) is 0.292. The number of piperidine rings is 1. The number of carbonyl (C=O) groups is 1. The smallest absolute Gasteiger partial charge is 0.238 e. The number of carbonyl (C=O) groups excluding carboxylic acids is 1. The molecule has 1 aliphatic heterocycles. The van der Waals surface area contributed by atoms with Crippen molar-refractivity contribution < 1.29 is 13.2 Å². The van der Waals surface area contributed by atoms with Gasteiger partial charge < -0.3 is 10.6 Å². The van der Waals surface area contributed by atoms with Gasteiger partial charge in [-0.25, -0.2) is 13.6 Å². The van der Waals surface area contributed by atoms with Crippen molar-refractivity contribution in [3.05, 3.63) is 23.8 Å². The van der Waals surface area contributed by atoms with E-state index in [1.807, 2.05) is 0 Å². The fourth-order valence-electron chi connectivity index (χ4n) is 2.54. The van der Waals surface area contributed by atoms with Crippen molar-refractivity contribution in [2.45, 2.75) is 31.1 Å². The summed E-state index contributed by atoms with van der Waals surface area (Å²) in [6.45, 7) is 3.55. The van der Waals surface area contributed by atoms with E-state index in [1.165, 1.54) is 6.07 Å². The highest BCUT2D eigenvalue weighted by atomic mass is 35.5. The average molecular weight is 348 g/mol. The first kappa shape index (κ1) is 18.9. The molecule has 124 valence electrons. The predicted molar refractivity (Wildman–Crippen MR) is 88.6 cm³/mol. The van der Waals surface area contributed by atoms with Crippen LogP contribution in [-0.4, -0.2) is 27.4 Å². The fourth-order valence-corrected chi connectivity index (χ4v) is 3.35. The normalized spacial score (nSPS) is 15.9. The lowest BCUT2D eigenvalue weighted by atomic mass is 9.94. The lowest BCUT2D eigenvalue weighted by molar-refractivity contribution is -0.117. The number of hydrogen-bond acceptors (Lipinski definition) is 4. The molecule has 1 saturated heterocycles. The van der Waals surface area contributed by atoms with Gasteiger partial charge in [0, 0.05) is 12.1 Å². The van der Waals surface area contributed by atoms with Gasteiger partial charge >= 0.3 is 0 Å². The zero-order valence-electron chi connectivity index (χ0n) is 12.5. The van der Waals surface area contributed by atoms with Crippen LogP contribution >= 0.6 is 12.4 Å². The molecule has 1 heterocycles. The predicted octanol–water partition coefficient (Wildman–Crippen LogP) is 1.39. The Kier molecular flexibility index (Phi) is 6.80. The second-order valence-corrected chi connectivity index (χ2v) is 7.00. The summed E-state index contributed by atoms with van der Waals surface area (Å²) in [5, 5.41) is 11.2. The molecule has 0 aliphatic carbocycles. The number of aryl methyl sites for hydroxylation is 1. The summed E-state index contributed by atoms with van der Waals surface area (Å²) in [4.78, 5) is 12.1. The molecule has 0 radical (unpaired) electrons. The molecule has 2 rings (SSSR count). The molecule has 1 amide bonds. The van der Waals surface area contributed by atoms with Crippen LogP contribution in [0.5, 0.6) is 0 Å². The summed E-state index contributed by atoms with van der Waals surface area (Å²) in [6, 6.07) is 4.73. The van der Waals surface area contributed by atoms with Gasteiger partial charge in [-0.3, -0.25) is 4.79 Å². The monoisotopic (exact) mass is 347 g/mol. The number of nitrogens with two attached hydrogens (primary N) is 1. The highest BCUT2D eigenvalue weighted by Crippen LogP contribution is 2.21. The van der Waals surface area contributed by atoms with Gasteiger partial charge in [-0.15, -0.1) is 12.4 Å². The van der Waals surface area contributed by atoms with Gasteiger partial charge in [0.1, 0.15) is 0 Å². The second kappa shape index (κ2) is 7.92. The number of amides is 1. The van der Waals surface area contributed by atoms with Crippen LogP contribution in [0.3, 0.4) is 0 Å². The molecule has 0 atom stereocenters. The van der Waals surface area contributed by atoms with Crippen LogP contribution in [0.25, 0.3) is 0 Å². The molecule has 1 aliphatic rings. The van der Waals surface area contributed by atoms with Crippen molar-refractivity contribution in [1.29, 1.82) is 0 Å². The third-order valence-electron chi connectivity index (χ3n) is 3.71. The summed E-state index contributed by atoms with van der Waals surface area (Å²) in [5.41, 5.74) is 1.03. The van der Waals surface area contributed by atoms with Gasteiger partial charge in [0.2, 0.25) is 15.9 Å². The first-order valence-corrected chi connectivity index (χ1v) is 8.55. The minimum Gasteiger partial charge on any atom is -0.326 e. The van der Waals surface area contributed by atoms with Gasteiger partial charge in [-0.1, -0.05) is 6.07 Å². The van der Waals surface area contributed by atoms with Crippen molar-refractivity contribution in [2.75, 3.05) is 18.4 Å². The van der Waals surface area contributed by atoms with Gasteiger partial charge in [0.25, 0.3) is 0 Å². The van der Waals surface area contributed by atoms with E-state index in [0.29, 0.717) is 23.6 Å². The second-order valence-electron chi connectivity index (χ2n) is 5.47.